The van der Waals surface area contributed by atoms with Gasteiger partial charge in [-0.05, 0) is 31.9 Å². The van der Waals surface area contributed by atoms with Gasteiger partial charge in [-0.3, -0.25) is 4.21 Å². The van der Waals surface area contributed by atoms with E-state index in [1.807, 2.05) is 31.2 Å². The molecule has 1 aromatic rings. The molecule has 0 heterocycles. The van der Waals surface area contributed by atoms with Gasteiger partial charge in [0.05, 0.1) is 28.3 Å². The Labute approximate surface area is 239 Å². The molecule has 1 rings (SSSR count). The van der Waals surface area contributed by atoms with Gasteiger partial charge in [-0.15, -0.1) is 0 Å². The molecule has 4 heteroatoms. The second kappa shape index (κ2) is 24.1. The first-order valence-corrected chi connectivity index (χ1v) is 17.6. The SMILES string of the molecule is CCCCCCCCCCCCCCCCCCCC(O)C([C@@H](O)CCCCC)[S@](=O)c1ccc(C)cc1. The van der Waals surface area contributed by atoms with Crippen LogP contribution in [0.1, 0.15) is 161 Å². The number of aliphatic hydroxyl groups is 2. The van der Waals surface area contributed by atoms with Crippen LogP contribution >= 0.6 is 0 Å². The van der Waals surface area contributed by atoms with Crippen molar-refractivity contribution >= 4 is 10.8 Å². The van der Waals surface area contributed by atoms with Crippen molar-refractivity contribution in [1.82, 2.24) is 0 Å². The fourth-order valence-corrected chi connectivity index (χ4v) is 6.94. The van der Waals surface area contributed by atoms with Crippen molar-refractivity contribution in [2.45, 2.75) is 184 Å². The fourth-order valence-electron chi connectivity index (χ4n) is 5.38. The lowest BCUT2D eigenvalue weighted by Crippen LogP contribution is -2.41. The lowest BCUT2D eigenvalue weighted by atomic mass is 9.99. The Hall–Kier alpha value is -0.710. The van der Waals surface area contributed by atoms with Crippen LogP contribution in [0.2, 0.25) is 0 Å². The summed E-state index contributed by atoms with van der Waals surface area (Å²) in [7, 11) is -1.41. The first-order valence-electron chi connectivity index (χ1n) is 16.3. The summed E-state index contributed by atoms with van der Waals surface area (Å²) in [5, 5.41) is 21.3. The number of aliphatic hydroxyl groups excluding tert-OH is 2. The van der Waals surface area contributed by atoms with Crippen LogP contribution < -0.4 is 0 Å². The highest BCUT2D eigenvalue weighted by Crippen LogP contribution is 2.24. The second-order valence-electron chi connectivity index (χ2n) is 11.7. The smallest absolute Gasteiger partial charge is 0.0912 e. The minimum Gasteiger partial charge on any atom is -0.392 e. The van der Waals surface area contributed by atoms with E-state index in [-0.39, 0.29) is 0 Å². The van der Waals surface area contributed by atoms with Crippen LogP contribution in [0.4, 0.5) is 0 Å². The summed E-state index contributed by atoms with van der Waals surface area (Å²) in [6.07, 6.45) is 25.4. The van der Waals surface area contributed by atoms with Gasteiger partial charge >= 0.3 is 0 Å². The summed E-state index contributed by atoms with van der Waals surface area (Å²) in [6, 6.07) is 7.66. The maximum Gasteiger partial charge on any atom is 0.0912 e. The van der Waals surface area contributed by atoms with Gasteiger partial charge in [0.25, 0.3) is 0 Å². The van der Waals surface area contributed by atoms with E-state index in [2.05, 4.69) is 13.8 Å². The van der Waals surface area contributed by atoms with Crippen molar-refractivity contribution < 1.29 is 14.4 Å². The van der Waals surface area contributed by atoms with Crippen molar-refractivity contribution in [3.8, 4) is 0 Å². The van der Waals surface area contributed by atoms with Crippen LogP contribution in [0, 0.1) is 6.92 Å². The zero-order valence-electron chi connectivity index (χ0n) is 25.3. The molecule has 0 bridgehead atoms. The topological polar surface area (TPSA) is 57.5 Å². The molecule has 0 radical (unpaired) electrons. The van der Waals surface area contributed by atoms with Crippen LogP contribution in [-0.2, 0) is 10.8 Å². The zero-order valence-corrected chi connectivity index (χ0v) is 26.1. The fraction of sp³-hybridized carbons (Fsp3) is 0.824. The van der Waals surface area contributed by atoms with Gasteiger partial charge in [-0.25, -0.2) is 0 Å². The van der Waals surface area contributed by atoms with Crippen molar-refractivity contribution in [2.75, 3.05) is 0 Å². The van der Waals surface area contributed by atoms with Crippen molar-refractivity contribution in [1.29, 1.82) is 0 Å². The molecule has 2 unspecified atom stereocenters. The molecular formula is C34H62O3S. The summed E-state index contributed by atoms with van der Waals surface area (Å²) in [6.45, 7) is 6.43. The van der Waals surface area contributed by atoms with E-state index >= 15 is 0 Å². The average molecular weight is 551 g/mol. The van der Waals surface area contributed by atoms with E-state index in [1.165, 1.54) is 96.3 Å². The molecule has 4 atom stereocenters. The molecule has 0 aliphatic carbocycles. The van der Waals surface area contributed by atoms with E-state index in [0.29, 0.717) is 17.7 Å². The minimum atomic E-state index is -1.41. The molecule has 0 fully saturated rings. The largest absolute Gasteiger partial charge is 0.392 e. The molecule has 38 heavy (non-hydrogen) atoms. The predicted octanol–water partition coefficient (Wildman–Crippen LogP) is 9.82. The highest BCUT2D eigenvalue weighted by atomic mass is 32.2. The number of unbranched alkanes of at least 4 members (excludes halogenated alkanes) is 18. The van der Waals surface area contributed by atoms with Crippen LogP contribution in [0.5, 0.6) is 0 Å². The van der Waals surface area contributed by atoms with Gasteiger partial charge in [-0.1, -0.05) is 160 Å². The highest BCUT2D eigenvalue weighted by Gasteiger charge is 2.32. The lowest BCUT2D eigenvalue weighted by Gasteiger charge is -2.27. The minimum absolute atomic E-state index is 0.603. The van der Waals surface area contributed by atoms with Crippen molar-refractivity contribution in [3.63, 3.8) is 0 Å². The Bertz CT molecular complexity index is 675. The van der Waals surface area contributed by atoms with Gasteiger partial charge in [0, 0.05) is 4.90 Å². The molecule has 0 saturated carbocycles. The summed E-state index contributed by atoms with van der Waals surface area (Å²) in [5.74, 6) is 0. The lowest BCUT2D eigenvalue weighted by molar-refractivity contribution is 0.0743. The van der Waals surface area contributed by atoms with Gasteiger partial charge < -0.3 is 10.2 Å². The normalized spacial score (nSPS) is 14.9. The number of hydrogen-bond donors (Lipinski definition) is 2. The quantitative estimate of drug-likeness (QED) is 0.113. The number of hydrogen-bond acceptors (Lipinski definition) is 3. The van der Waals surface area contributed by atoms with Gasteiger partial charge in [0.15, 0.2) is 0 Å². The van der Waals surface area contributed by atoms with Crippen LogP contribution in [-0.4, -0.2) is 31.9 Å². The van der Waals surface area contributed by atoms with Crippen molar-refractivity contribution in [3.05, 3.63) is 29.8 Å². The van der Waals surface area contributed by atoms with Gasteiger partial charge in [-0.2, -0.15) is 0 Å². The van der Waals surface area contributed by atoms with Crippen molar-refractivity contribution in [2.24, 2.45) is 0 Å². The Kier molecular flexibility index (Phi) is 22.4. The van der Waals surface area contributed by atoms with Gasteiger partial charge in [0.1, 0.15) is 0 Å². The summed E-state index contributed by atoms with van der Waals surface area (Å²) >= 11 is 0. The second-order valence-corrected chi connectivity index (χ2v) is 13.3. The van der Waals surface area contributed by atoms with E-state index < -0.39 is 28.3 Å². The first-order chi connectivity index (χ1) is 18.5. The predicted molar refractivity (Wildman–Crippen MR) is 166 cm³/mol. The third kappa shape index (κ3) is 17.1. The maximum atomic E-state index is 13.3. The van der Waals surface area contributed by atoms with Crippen LogP contribution in [0.25, 0.3) is 0 Å². The Morgan fingerprint density at radius 3 is 1.26 bits per heavy atom. The molecule has 3 nitrogen and oxygen atoms in total. The Balaban J connectivity index is 2.19. The maximum absolute atomic E-state index is 13.3. The molecule has 0 saturated heterocycles. The molecule has 0 spiro atoms. The molecule has 0 aliphatic heterocycles. The molecule has 222 valence electrons. The summed E-state index contributed by atoms with van der Waals surface area (Å²) < 4.78 is 13.3. The van der Waals surface area contributed by atoms with E-state index in [0.717, 1.165) is 37.7 Å². The first kappa shape index (κ1) is 35.3. The molecule has 0 aromatic heterocycles. The van der Waals surface area contributed by atoms with Gasteiger partial charge in [0.2, 0.25) is 0 Å². The van der Waals surface area contributed by atoms with Crippen LogP contribution in [0.3, 0.4) is 0 Å². The monoisotopic (exact) mass is 550 g/mol. The molecule has 2 N–H and O–H groups in total. The van der Waals surface area contributed by atoms with E-state index in [1.54, 1.807) is 0 Å². The highest BCUT2D eigenvalue weighted by molar-refractivity contribution is 7.85. The van der Waals surface area contributed by atoms with E-state index in [9.17, 15) is 14.4 Å². The molecular weight excluding hydrogens is 488 g/mol. The Morgan fingerprint density at radius 2 is 0.868 bits per heavy atom. The summed E-state index contributed by atoms with van der Waals surface area (Å²) in [5.41, 5.74) is 1.12. The summed E-state index contributed by atoms with van der Waals surface area (Å²) in [4.78, 5) is 0.705. The average Bonchev–Trinajstić information content (AvgIpc) is 2.91. The third-order valence-corrected chi connectivity index (χ3v) is 9.83. The molecule has 0 amide bonds. The number of benzene rings is 1. The van der Waals surface area contributed by atoms with E-state index in [4.69, 9.17) is 0 Å². The van der Waals surface area contributed by atoms with Crippen LogP contribution in [0.15, 0.2) is 29.2 Å². The zero-order chi connectivity index (χ0) is 27.8. The number of rotatable bonds is 26. The standard InChI is InChI=1S/C34H62O3S/c1-4-6-8-9-10-11-12-13-14-15-16-17-18-19-20-21-23-25-33(36)34(32(35)24-22-7-5-2)38(37)31-28-26-30(3)27-29-31/h26-29,32-36H,4-25H2,1-3H3/t32-,33?,34?,38+/m0/s1. The Morgan fingerprint density at radius 1 is 0.553 bits per heavy atom. The molecule has 0 aliphatic rings. The third-order valence-electron chi connectivity index (χ3n) is 7.97. The number of aryl methyl sites for hydroxylation is 1. The molecule has 1 aromatic carbocycles.